The Morgan fingerprint density at radius 1 is 0.900 bits per heavy atom. The van der Waals surface area contributed by atoms with Gasteiger partial charge in [-0.1, -0.05) is 48.5 Å². The average Bonchev–Trinajstić information content (AvgIpc) is 2.49. The molecule has 0 radical (unpaired) electrons. The van der Waals surface area contributed by atoms with Gasteiger partial charge in [0.15, 0.2) is 0 Å². The summed E-state index contributed by atoms with van der Waals surface area (Å²) in [6, 6.07) is 19.5. The fraction of sp³-hybridized carbons (Fsp3) is 0.235. The van der Waals surface area contributed by atoms with Crippen molar-refractivity contribution < 1.29 is 4.79 Å². The molecule has 0 saturated heterocycles. The van der Waals surface area contributed by atoms with E-state index in [1.165, 1.54) is 5.56 Å². The maximum atomic E-state index is 12.1. The molecule has 0 bridgehead atoms. The first-order valence-corrected chi connectivity index (χ1v) is 6.83. The predicted molar refractivity (Wildman–Crippen MR) is 82.5 cm³/mol. The SMILES string of the molecule is C[C@H](N[C@H](C)c1ccccc1)C(=O)Nc1ccccc1. The van der Waals surface area contributed by atoms with Crippen molar-refractivity contribution in [2.45, 2.75) is 25.9 Å². The molecular formula is C17H20N2O. The number of para-hydroxylation sites is 1. The zero-order valence-corrected chi connectivity index (χ0v) is 11.8. The third-order valence-corrected chi connectivity index (χ3v) is 3.23. The van der Waals surface area contributed by atoms with Crippen molar-refractivity contribution in [2.24, 2.45) is 0 Å². The molecule has 0 saturated carbocycles. The number of nitrogens with one attached hydrogen (secondary N) is 2. The van der Waals surface area contributed by atoms with Crippen molar-refractivity contribution in [1.29, 1.82) is 0 Å². The number of carbonyl (C=O) groups excluding carboxylic acids is 1. The second-order valence-corrected chi connectivity index (χ2v) is 4.88. The van der Waals surface area contributed by atoms with Crippen LogP contribution >= 0.6 is 0 Å². The van der Waals surface area contributed by atoms with Gasteiger partial charge in [0.1, 0.15) is 0 Å². The summed E-state index contributed by atoms with van der Waals surface area (Å²) in [6.07, 6.45) is 0. The highest BCUT2D eigenvalue weighted by Gasteiger charge is 2.16. The molecule has 2 aromatic carbocycles. The molecule has 0 aliphatic carbocycles. The molecule has 1 amide bonds. The van der Waals surface area contributed by atoms with Crippen molar-refractivity contribution in [2.75, 3.05) is 5.32 Å². The largest absolute Gasteiger partial charge is 0.325 e. The smallest absolute Gasteiger partial charge is 0.241 e. The van der Waals surface area contributed by atoms with Crippen LogP contribution in [0.5, 0.6) is 0 Å². The number of rotatable bonds is 5. The van der Waals surface area contributed by atoms with Crippen LogP contribution in [0.3, 0.4) is 0 Å². The molecule has 3 nitrogen and oxygen atoms in total. The minimum absolute atomic E-state index is 0.0287. The maximum absolute atomic E-state index is 12.1. The molecule has 0 fully saturated rings. The first kappa shape index (κ1) is 14.3. The normalized spacial score (nSPS) is 13.5. The summed E-state index contributed by atoms with van der Waals surface area (Å²) in [5.41, 5.74) is 1.99. The van der Waals surface area contributed by atoms with Gasteiger partial charge in [-0.3, -0.25) is 10.1 Å². The van der Waals surface area contributed by atoms with Gasteiger partial charge in [0.05, 0.1) is 6.04 Å². The van der Waals surface area contributed by atoms with Crippen LogP contribution in [-0.4, -0.2) is 11.9 Å². The van der Waals surface area contributed by atoms with Gasteiger partial charge < -0.3 is 5.32 Å². The lowest BCUT2D eigenvalue weighted by atomic mass is 10.1. The molecule has 2 atom stereocenters. The highest BCUT2D eigenvalue weighted by molar-refractivity contribution is 5.94. The van der Waals surface area contributed by atoms with Gasteiger partial charge in [-0.25, -0.2) is 0 Å². The second-order valence-electron chi connectivity index (χ2n) is 4.88. The Hall–Kier alpha value is -2.13. The Kier molecular flexibility index (Phi) is 4.91. The number of hydrogen-bond donors (Lipinski definition) is 2. The molecule has 0 aliphatic rings. The Labute approximate surface area is 120 Å². The summed E-state index contributed by atoms with van der Waals surface area (Å²) >= 11 is 0. The van der Waals surface area contributed by atoms with Crippen molar-refractivity contribution in [1.82, 2.24) is 5.32 Å². The molecule has 3 heteroatoms. The number of amides is 1. The van der Waals surface area contributed by atoms with Crippen LogP contribution in [0.15, 0.2) is 60.7 Å². The monoisotopic (exact) mass is 268 g/mol. The fourth-order valence-electron chi connectivity index (χ4n) is 2.06. The standard InChI is InChI=1S/C17H20N2O/c1-13(15-9-5-3-6-10-15)18-14(2)17(20)19-16-11-7-4-8-12-16/h3-14,18H,1-2H3,(H,19,20)/t13-,14+/m1/s1. The summed E-state index contributed by atoms with van der Waals surface area (Å²) in [5.74, 6) is -0.0287. The molecule has 104 valence electrons. The van der Waals surface area contributed by atoms with E-state index in [1.807, 2.05) is 55.5 Å². The van der Waals surface area contributed by atoms with Gasteiger partial charge in [0.2, 0.25) is 5.91 Å². The van der Waals surface area contributed by atoms with E-state index >= 15 is 0 Å². The van der Waals surface area contributed by atoms with E-state index in [9.17, 15) is 4.79 Å². The molecular weight excluding hydrogens is 248 g/mol. The summed E-state index contributed by atoms with van der Waals surface area (Å²) in [4.78, 5) is 12.1. The van der Waals surface area contributed by atoms with Gasteiger partial charge in [0, 0.05) is 11.7 Å². The van der Waals surface area contributed by atoms with E-state index in [0.29, 0.717) is 0 Å². The first-order chi connectivity index (χ1) is 9.66. The summed E-state index contributed by atoms with van der Waals surface area (Å²) in [5, 5.41) is 6.20. The number of anilines is 1. The van der Waals surface area contributed by atoms with Crippen LogP contribution in [0.2, 0.25) is 0 Å². The van der Waals surface area contributed by atoms with Gasteiger partial charge >= 0.3 is 0 Å². The minimum Gasteiger partial charge on any atom is -0.325 e. The zero-order valence-electron chi connectivity index (χ0n) is 11.8. The molecule has 0 heterocycles. The Morgan fingerprint density at radius 3 is 2.05 bits per heavy atom. The molecule has 0 aliphatic heterocycles. The first-order valence-electron chi connectivity index (χ1n) is 6.83. The molecule has 2 N–H and O–H groups in total. The predicted octanol–water partition coefficient (Wildman–Crippen LogP) is 3.36. The van der Waals surface area contributed by atoms with Crippen molar-refractivity contribution in [3.63, 3.8) is 0 Å². The zero-order chi connectivity index (χ0) is 14.4. The maximum Gasteiger partial charge on any atom is 0.241 e. The molecule has 0 spiro atoms. The minimum atomic E-state index is -0.259. The Bertz CT molecular complexity index is 539. The summed E-state index contributed by atoms with van der Waals surface area (Å²) in [7, 11) is 0. The van der Waals surface area contributed by atoms with Crippen LogP contribution in [0.1, 0.15) is 25.5 Å². The summed E-state index contributed by atoms with van der Waals surface area (Å²) < 4.78 is 0. The topological polar surface area (TPSA) is 41.1 Å². The lowest BCUT2D eigenvalue weighted by Crippen LogP contribution is -2.39. The lowest BCUT2D eigenvalue weighted by molar-refractivity contribution is -0.117. The number of carbonyl (C=O) groups is 1. The number of hydrogen-bond acceptors (Lipinski definition) is 2. The van der Waals surface area contributed by atoms with Crippen LogP contribution in [0.25, 0.3) is 0 Å². The number of benzene rings is 2. The van der Waals surface area contributed by atoms with Crippen LogP contribution in [-0.2, 0) is 4.79 Å². The van der Waals surface area contributed by atoms with Crippen LogP contribution in [0.4, 0.5) is 5.69 Å². The van der Waals surface area contributed by atoms with E-state index in [0.717, 1.165) is 5.69 Å². The van der Waals surface area contributed by atoms with Crippen molar-refractivity contribution >= 4 is 11.6 Å². The third-order valence-electron chi connectivity index (χ3n) is 3.23. The molecule has 2 rings (SSSR count). The third kappa shape index (κ3) is 3.93. The van der Waals surface area contributed by atoms with Crippen LogP contribution in [0, 0.1) is 0 Å². The van der Waals surface area contributed by atoms with Gasteiger partial charge in [-0.05, 0) is 31.5 Å². The Morgan fingerprint density at radius 2 is 1.45 bits per heavy atom. The van der Waals surface area contributed by atoms with E-state index in [1.54, 1.807) is 0 Å². The highest BCUT2D eigenvalue weighted by Crippen LogP contribution is 2.12. The average molecular weight is 268 g/mol. The van der Waals surface area contributed by atoms with Crippen molar-refractivity contribution in [3.8, 4) is 0 Å². The van der Waals surface area contributed by atoms with E-state index < -0.39 is 0 Å². The van der Waals surface area contributed by atoms with Crippen molar-refractivity contribution in [3.05, 3.63) is 66.2 Å². The van der Waals surface area contributed by atoms with Gasteiger partial charge in [-0.2, -0.15) is 0 Å². The second kappa shape index (κ2) is 6.87. The lowest BCUT2D eigenvalue weighted by Gasteiger charge is -2.20. The molecule has 0 aromatic heterocycles. The van der Waals surface area contributed by atoms with Crippen LogP contribution < -0.4 is 10.6 Å². The van der Waals surface area contributed by atoms with E-state index in [2.05, 4.69) is 29.7 Å². The Balaban J connectivity index is 1.91. The fourth-order valence-corrected chi connectivity index (χ4v) is 2.06. The van der Waals surface area contributed by atoms with E-state index in [4.69, 9.17) is 0 Å². The molecule has 0 unspecified atom stereocenters. The highest BCUT2D eigenvalue weighted by atomic mass is 16.2. The summed E-state index contributed by atoms with van der Waals surface area (Å²) in [6.45, 7) is 3.93. The van der Waals surface area contributed by atoms with Gasteiger partial charge in [-0.15, -0.1) is 0 Å². The quantitative estimate of drug-likeness (QED) is 0.873. The van der Waals surface area contributed by atoms with E-state index in [-0.39, 0.29) is 18.0 Å². The molecule has 20 heavy (non-hydrogen) atoms. The van der Waals surface area contributed by atoms with Gasteiger partial charge in [0.25, 0.3) is 0 Å². The molecule has 2 aromatic rings.